The maximum Gasteiger partial charge on any atom is 0.413 e. The first-order valence-corrected chi connectivity index (χ1v) is 5.11. The molecule has 1 aliphatic rings. The van der Waals surface area contributed by atoms with Gasteiger partial charge in [-0.3, -0.25) is 5.32 Å². The maximum absolute atomic E-state index is 10.9. The molecule has 0 radical (unpaired) electrons. The molecule has 15 heavy (non-hydrogen) atoms. The Balaban J connectivity index is 2.37. The molecule has 0 spiro atoms. The molecule has 1 rings (SSSR count). The van der Waals surface area contributed by atoms with Crippen molar-refractivity contribution in [2.45, 2.75) is 12.8 Å². The molecule has 0 aromatic carbocycles. The quantitative estimate of drug-likeness (QED) is 0.622. The predicted octanol–water partition coefficient (Wildman–Crippen LogP) is 0.863. The minimum absolute atomic E-state index is 0.113. The molecule has 1 heterocycles. The van der Waals surface area contributed by atoms with Gasteiger partial charge in [-0.25, -0.2) is 4.79 Å². The van der Waals surface area contributed by atoms with E-state index in [2.05, 4.69) is 16.1 Å². The van der Waals surface area contributed by atoms with Crippen LogP contribution in [0.5, 0.6) is 0 Å². The van der Waals surface area contributed by atoms with Gasteiger partial charge >= 0.3 is 6.09 Å². The Morgan fingerprint density at radius 2 is 2.20 bits per heavy atom. The zero-order chi connectivity index (χ0) is 11.3. The number of amides is 1. The molecule has 1 aliphatic heterocycles. The van der Waals surface area contributed by atoms with E-state index in [0.717, 1.165) is 12.8 Å². The number of likely N-dealkylation sites (tertiary alicyclic amines) is 1. The lowest BCUT2D eigenvalue weighted by Gasteiger charge is -2.30. The minimum atomic E-state index is -0.553. The number of carbonyl (C=O) groups is 1. The second-order valence-electron chi connectivity index (χ2n) is 3.31. The number of methoxy groups -OCH3 is 1. The molecule has 0 bridgehead atoms. The van der Waals surface area contributed by atoms with E-state index in [0.29, 0.717) is 18.2 Å². The third-order valence-electron chi connectivity index (χ3n) is 2.36. The molecule has 5 nitrogen and oxygen atoms in total. The molecule has 0 aromatic rings. The molecule has 0 unspecified atom stereocenters. The standard InChI is InChI=1S/C9H13N3O2S/c1-14-9(13)11-8(15)12-4-2-7(6-10)3-5-12/h7H,2-5H2,1H3,(H,11,13,15). The lowest BCUT2D eigenvalue weighted by Crippen LogP contribution is -2.46. The average Bonchev–Trinajstić information content (AvgIpc) is 2.29. The van der Waals surface area contributed by atoms with Crippen LogP contribution in [-0.2, 0) is 4.74 Å². The van der Waals surface area contributed by atoms with Gasteiger partial charge < -0.3 is 9.64 Å². The van der Waals surface area contributed by atoms with E-state index < -0.39 is 6.09 Å². The number of alkyl carbamates (subject to hydrolysis) is 1. The van der Waals surface area contributed by atoms with Crippen LogP contribution in [0.4, 0.5) is 4.79 Å². The Kier molecular flexibility index (Phi) is 4.31. The summed E-state index contributed by atoms with van der Waals surface area (Å²) >= 11 is 5.02. The van der Waals surface area contributed by atoms with Crippen molar-refractivity contribution < 1.29 is 9.53 Å². The van der Waals surface area contributed by atoms with Gasteiger partial charge in [-0.2, -0.15) is 5.26 Å². The van der Waals surface area contributed by atoms with E-state index in [1.54, 1.807) is 0 Å². The molecule has 1 fully saturated rings. The van der Waals surface area contributed by atoms with Crippen molar-refractivity contribution in [2.75, 3.05) is 20.2 Å². The summed E-state index contributed by atoms with van der Waals surface area (Å²) in [6.45, 7) is 1.42. The average molecular weight is 227 g/mol. The monoisotopic (exact) mass is 227 g/mol. The van der Waals surface area contributed by atoms with Crippen molar-refractivity contribution in [1.29, 1.82) is 5.26 Å². The Morgan fingerprint density at radius 1 is 1.60 bits per heavy atom. The largest absolute Gasteiger partial charge is 0.453 e. The molecule has 6 heteroatoms. The first kappa shape index (κ1) is 11.7. The summed E-state index contributed by atoms with van der Waals surface area (Å²) in [6.07, 6.45) is 1.03. The number of rotatable bonds is 0. The van der Waals surface area contributed by atoms with Gasteiger partial charge in [0.2, 0.25) is 0 Å². The number of hydrogen-bond donors (Lipinski definition) is 1. The normalized spacial score (nSPS) is 16.7. The van der Waals surface area contributed by atoms with E-state index >= 15 is 0 Å². The molecule has 1 amide bonds. The number of ether oxygens (including phenoxy) is 1. The van der Waals surface area contributed by atoms with Gasteiger partial charge in [-0.1, -0.05) is 0 Å². The van der Waals surface area contributed by atoms with Gasteiger partial charge in [0.15, 0.2) is 5.11 Å². The van der Waals surface area contributed by atoms with Gasteiger partial charge in [-0.15, -0.1) is 0 Å². The van der Waals surface area contributed by atoms with E-state index in [9.17, 15) is 4.79 Å². The number of hydrogen-bond acceptors (Lipinski definition) is 4. The van der Waals surface area contributed by atoms with Crippen molar-refractivity contribution in [3.8, 4) is 6.07 Å². The van der Waals surface area contributed by atoms with E-state index in [1.807, 2.05) is 4.90 Å². The lowest BCUT2D eigenvalue weighted by molar-refractivity contribution is 0.175. The third kappa shape index (κ3) is 3.36. The van der Waals surface area contributed by atoms with Crippen molar-refractivity contribution >= 4 is 23.4 Å². The fourth-order valence-corrected chi connectivity index (χ4v) is 1.69. The summed E-state index contributed by atoms with van der Waals surface area (Å²) in [5, 5.41) is 11.5. The third-order valence-corrected chi connectivity index (χ3v) is 2.72. The van der Waals surface area contributed by atoms with E-state index in [4.69, 9.17) is 17.5 Å². The summed E-state index contributed by atoms with van der Waals surface area (Å²) in [5.41, 5.74) is 0. The molecule has 0 aromatic heterocycles. The second kappa shape index (κ2) is 5.51. The lowest BCUT2D eigenvalue weighted by atomic mass is 9.99. The molecular weight excluding hydrogens is 214 g/mol. The smallest absolute Gasteiger partial charge is 0.413 e. The fourth-order valence-electron chi connectivity index (χ4n) is 1.43. The van der Waals surface area contributed by atoms with Crippen LogP contribution in [0.1, 0.15) is 12.8 Å². The van der Waals surface area contributed by atoms with Crippen LogP contribution >= 0.6 is 12.2 Å². The molecular formula is C9H13N3O2S. The molecule has 0 aliphatic carbocycles. The molecule has 0 saturated carbocycles. The van der Waals surface area contributed by atoms with Gasteiger partial charge in [0, 0.05) is 19.0 Å². The van der Waals surface area contributed by atoms with Crippen molar-refractivity contribution in [3.63, 3.8) is 0 Å². The van der Waals surface area contributed by atoms with Crippen LogP contribution in [0.3, 0.4) is 0 Å². The van der Waals surface area contributed by atoms with Crippen molar-refractivity contribution in [2.24, 2.45) is 5.92 Å². The second-order valence-corrected chi connectivity index (χ2v) is 3.70. The first-order valence-electron chi connectivity index (χ1n) is 4.71. The highest BCUT2D eigenvalue weighted by Gasteiger charge is 2.21. The minimum Gasteiger partial charge on any atom is -0.453 e. The molecule has 82 valence electrons. The van der Waals surface area contributed by atoms with Crippen LogP contribution in [0, 0.1) is 17.2 Å². The number of carbonyl (C=O) groups excluding carboxylic acids is 1. The zero-order valence-electron chi connectivity index (χ0n) is 8.52. The molecule has 0 atom stereocenters. The Hall–Kier alpha value is -1.35. The highest BCUT2D eigenvalue weighted by Crippen LogP contribution is 2.15. The van der Waals surface area contributed by atoms with Crippen LogP contribution in [-0.4, -0.2) is 36.3 Å². The van der Waals surface area contributed by atoms with Crippen LogP contribution in [0.15, 0.2) is 0 Å². The van der Waals surface area contributed by atoms with Gasteiger partial charge in [0.1, 0.15) is 0 Å². The van der Waals surface area contributed by atoms with Crippen LogP contribution in [0.25, 0.3) is 0 Å². The summed E-state index contributed by atoms with van der Waals surface area (Å²) in [4.78, 5) is 12.8. The highest BCUT2D eigenvalue weighted by atomic mass is 32.1. The zero-order valence-corrected chi connectivity index (χ0v) is 9.34. The van der Waals surface area contributed by atoms with Crippen molar-refractivity contribution in [3.05, 3.63) is 0 Å². The van der Waals surface area contributed by atoms with Crippen LogP contribution in [0.2, 0.25) is 0 Å². The number of nitrogens with zero attached hydrogens (tertiary/aromatic N) is 2. The van der Waals surface area contributed by atoms with Gasteiger partial charge in [0.05, 0.1) is 13.2 Å². The number of thiocarbonyl (C=S) groups is 1. The van der Waals surface area contributed by atoms with E-state index in [-0.39, 0.29) is 5.92 Å². The summed E-state index contributed by atoms with van der Waals surface area (Å²) < 4.78 is 4.44. The van der Waals surface area contributed by atoms with E-state index in [1.165, 1.54) is 7.11 Å². The Labute approximate surface area is 94.0 Å². The number of piperidine rings is 1. The maximum atomic E-state index is 10.9. The Morgan fingerprint density at radius 3 is 2.67 bits per heavy atom. The first-order chi connectivity index (χ1) is 7.17. The van der Waals surface area contributed by atoms with Gasteiger partial charge in [-0.05, 0) is 25.1 Å². The summed E-state index contributed by atoms with van der Waals surface area (Å²) in [7, 11) is 1.29. The van der Waals surface area contributed by atoms with Crippen molar-refractivity contribution in [1.82, 2.24) is 10.2 Å². The molecule has 1 N–H and O–H groups in total. The Bertz CT molecular complexity index is 292. The van der Waals surface area contributed by atoms with Crippen LogP contribution < -0.4 is 5.32 Å². The topological polar surface area (TPSA) is 65.4 Å². The summed E-state index contributed by atoms with van der Waals surface area (Å²) in [6, 6.07) is 2.23. The SMILES string of the molecule is COC(=O)NC(=S)N1CCC(C#N)CC1. The predicted molar refractivity (Wildman–Crippen MR) is 58.0 cm³/mol. The highest BCUT2D eigenvalue weighted by molar-refractivity contribution is 7.80. The number of nitriles is 1. The fraction of sp³-hybridized carbons (Fsp3) is 0.667. The number of nitrogens with one attached hydrogen (secondary N) is 1. The molecule has 1 saturated heterocycles. The van der Waals surface area contributed by atoms with Gasteiger partial charge in [0.25, 0.3) is 0 Å². The summed E-state index contributed by atoms with van der Waals surface area (Å²) in [5.74, 6) is 0.113.